The van der Waals surface area contributed by atoms with Crippen molar-refractivity contribution in [2.75, 3.05) is 13.2 Å². The van der Waals surface area contributed by atoms with Crippen molar-refractivity contribution in [3.8, 4) is 22.5 Å². The molecule has 5 rings (SSSR count). The van der Waals surface area contributed by atoms with Gasteiger partial charge in [0.25, 0.3) is 0 Å². The van der Waals surface area contributed by atoms with Gasteiger partial charge in [0.2, 0.25) is 6.29 Å². The van der Waals surface area contributed by atoms with Crippen molar-refractivity contribution in [2.45, 2.75) is 59.3 Å². The second-order valence-corrected chi connectivity index (χ2v) is 10.3. The number of nitrogens with zero attached hydrogens (tertiary/aromatic N) is 3. The summed E-state index contributed by atoms with van der Waals surface area (Å²) in [7, 11) is 0. The summed E-state index contributed by atoms with van der Waals surface area (Å²) in [6.07, 6.45) is 4.07. The van der Waals surface area contributed by atoms with Crippen molar-refractivity contribution in [2.24, 2.45) is 5.41 Å². The number of aromatic amines is 1. The van der Waals surface area contributed by atoms with Crippen LogP contribution in [0.25, 0.3) is 22.5 Å². The first-order valence-electron chi connectivity index (χ1n) is 13.0. The minimum absolute atomic E-state index is 0. The highest BCUT2D eigenvalue weighted by molar-refractivity contribution is 5.78. The maximum Gasteiger partial charge on any atom is 0.217 e. The molecule has 7 heteroatoms. The number of H-pyrrole nitrogens is 1. The van der Waals surface area contributed by atoms with Crippen LogP contribution in [0.5, 0.6) is 0 Å². The molecule has 0 atom stereocenters. The van der Waals surface area contributed by atoms with Gasteiger partial charge in [0, 0.05) is 28.8 Å². The number of benzene rings is 2. The Morgan fingerprint density at radius 2 is 1.57 bits per heavy atom. The lowest BCUT2D eigenvalue weighted by Gasteiger charge is -2.36. The number of hydrogen-bond acceptors (Lipinski definition) is 4. The summed E-state index contributed by atoms with van der Waals surface area (Å²) >= 11 is 0. The number of aryl methyl sites for hydroxylation is 3. The van der Waals surface area contributed by atoms with Crippen molar-refractivity contribution in [1.29, 1.82) is 0 Å². The number of nitrogens with one attached hydrogen (secondary N) is 1. The highest BCUT2D eigenvalue weighted by Crippen LogP contribution is 2.37. The van der Waals surface area contributed by atoms with Gasteiger partial charge in [0.05, 0.1) is 30.3 Å². The average molecular weight is 503 g/mol. The van der Waals surface area contributed by atoms with E-state index in [0.29, 0.717) is 13.2 Å². The lowest BCUT2D eigenvalue weighted by molar-refractivity contribution is -0.235. The van der Waals surface area contributed by atoms with Crippen LogP contribution in [0.1, 0.15) is 56.1 Å². The summed E-state index contributed by atoms with van der Waals surface area (Å²) in [4.78, 5) is 8.44. The largest absolute Gasteiger partial charge is 0.412 e. The van der Waals surface area contributed by atoms with Crippen molar-refractivity contribution in [3.63, 3.8) is 0 Å². The maximum absolute atomic E-state index is 6.23. The van der Waals surface area contributed by atoms with Crippen LogP contribution in [0, 0.1) is 19.3 Å². The normalized spacial score (nSPS) is 19.5. The topological polar surface area (TPSA) is 96.5 Å². The van der Waals surface area contributed by atoms with Crippen LogP contribution < -0.4 is 0 Å². The summed E-state index contributed by atoms with van der Waals surface area (Å²) in [5.74, 6) is 0.722. The Bertz CT molecular complexity index is 1200. The Morgan fingerprint density at radius 3 is 2.19 bits per heavy atom. The van der Waals surface area contributed by atoms with E-state index in [4.69, 9.17) is 14.5 Å². The van der Waals surface area contributed by atoms with Crippen LogP contribution in [0.4, 0.5) is 0 Å². The van der Waals surface area contributed by atoms with Gasteiger partial charge < -0.3 is 19.9 Å². The van der Waals surface area contributed by atoms with E-state index in [1.54, 1.807) is 0 Å². The fourth-order valence-electron chi connectivity index (χ4n) is 4.96. The minimum Gasteiger partial charge on any atom is -0.412 e. The molecule has 1 fully saturated rings. The van der Waals surface area contributed by atoms with Crippen molar-refractivity contribution < 1.29 is 14.9 Å². The van der Waals surface area contributed by atoms with Gasteiger partial charge in [0.1, 0.15) is 0 Å². The van der Waals surface area contributed by atoms with Crippen molar-refractivity contribution in [3.05, 3.63) is 83.9 Å². The molecule has 3 heterocycles. The molecule has 2 aromatic carbocycles. The molecular weight excluding hydrogens is 464 g/mol. The average Bonchev–Trinajstić information content (AvgIpc) is 3.48. The number of aromatic nitrogens is 4. The molecule has 7 nitrogen and oxygen atoms in total. The van der Waals surface area contributed by atoms with E-state index in [1.165, 1.54) is 12.1 Å². The van der Waals surface area contributed by atoms with E-state index in [1.807, 2.05) is 43.3 Å². The second kappa shape index (κ2) is 11.9. The molecule has 0 aliphatic carbocycles. The fraction of sp³-hybridized carbons (Fsp3) is 0.400. The molecule has 4 aromatic rings. The first kappa shape index (κ1) is 26.8. The number of rotatable bonds is 9. The lowest BCUT2D eigenvalue weighted by atomic mass is 9.86. The molecule has 1 aliphatic rings. The van der Waals surface area contributed by atoms with Crippen molar-refractivity contribution in [1.82, 2.24) is 19.7 Å². The van der Waals surface area contributed by atoms with Gasteiger partial charge in [-0.15, -0.1) is 0 Å². The molecule has 0 amide bonds. The van der Waals surface area contributed by atoms with Gasteiger partial charge in [-0.1, -0.05) is 80.4 Å². The first-order valence-corrected chi connectivity index (χ1v) is 13.0. The third kappa shape index (κ3) is 6.36. The Kier molecular flexibility index (Phi) is 8.59. The SMILES string of the molecule is Cc1cc(C)n(CCCCCC2(C)COC(c3nc(-c4ccccc4)c(-c4ccccc4)[nH]3)OC2)n1.O. The number of imidazole rings is 1. The maximum atomic E-state index is 6.23. The van der Waals surface area contributed by atoms with Crippen LogP contribution in [-0.4, -0.2) is 38.4 Å². The zero-order chi connectivity index (χ0) is 25.0. The third-order valence-corrected chi connectivity index (χ3v) is 6.98. The summed E-state index contributed by atoms with van der Waals surface area (Å²) < 4.78 is 14.6. The zero-order valence-electron chi connectivity index (χ0n) is 22.0. The molecule has 0 unspecified atom stereocenters. The number of ether oxygens (including phenoxy) is 2. The molecule has 3 N–H and O–H groups in total. The second-order valence-electron chi connectivity index (χ2n) is 10.3. The molecule has 2 aromatic heterocycles. The van der Waals surface area contributed by atoms with Crippen LogP contribution in [-0.2, 0) is 16.0 Å². The highest BCUT2D eigenvalue weighted by atomic mass is 16.7. The Hall–Kier alpha value is -3.26. The van der Waals surface area contributed by atoms with E-state index in [0.717, 1.165) is 59.8 Å². The smallest absolute Gasteiger partial charge is 0.217 e. The van der Waals surface area contributed by atoms with Gasteiger partial charge in [-0.3, -0.25) is 4.68 Å². The van der Waals surface area contributed by atoms with E-state index in [9.17, 15) is 0 Å². The van der Waals surface area contributed by atoms with Gasteiger partial charge in [-0.2, -0.15) is 5.10 Å². The molecule has 196 valence electrons. The molecule has 0 spiro atoms. The van der Waals surface area contributed by atoms with Crippen LogP contribution in [0.3, 0.4) is 0 Å². The van der Waals surface area contributed by atoms with Gasteiger partial charge in [-0.05, 0) is 32.8 Å². The zero-order valence-corrected chi connectivity index (χ0v) is 22.0. The summed E-state index contributed by atoms with van der Waals surface area (Å²) in [5.41, 5.74) is 6.42. The number of unbranched alkanes of at least 4 members (excludes halogenated alkanes) is 2. The van der Waals surface area contributed by atoms with E-state index >= 15 is 0 Å². The molecular formula is C30H38N4O3. The summed E-state index contributed by atoms with van der Waals surface area (Å²) in [6.45, 7) is 8.75. The Morgan fingerprint density at radius 1 is 0.919 bits per heavy atom. The molecule has 37 heavy (non-hydrogen) atoms. The predicted molar refractivity (Wildman–Crippen MR) is 146 cm³/mol. The fourth-order valence-corrected chi connectivity index (χ4v) is 4.96. The van der Waals surface area contributed by atoms with Crippen LogP contribution in [0.2, 0.25) is 0 Å². The predicted octanol–water partition coefficient (Wildman–Crippen LogP) is 6.04. The summed E-state index contributed by atoms with van der Waals surface area (Å²) in [6, 6.07) is 22.7. The van der Waals surface area contributed by atoms with Crippen LogP contribution in [0.15, 0.2) is 66.7 Å². The summed E-state index contributed by atoms with van der Waals surface area (Å²) in [5, 5.41) is 4.56. The number of hydrogen-bond donors (Lipinski definition) is 1. The molecule has 1 saturated heterocycles. The van der Waals surface area contributed by atoms with E-state index in [-0.39, 0.29) is 10.9 Å². The molecule has 0 bridgehead atoms. The minimum atomic E-state index is -0.482. The van der Waals surface area contributed by atoms with Gasteiger partial charge in [-0.25, -0.2) is 4.98 Å². The first-order chi connectivity index (χ1) is 17.5. The monoisotopic (exact) mass is 502 g/mol. The Labute approximate surface area is 219 Å². The standard InChI is InChI=1S/C30H36N4O2.H2O/c1-22-19-23(2)34(33-22)18-12-6-11-17-30(3)20-35-29(36-21-30)28-31-26(24-13-7-4-8-14-24)27(32-28)25-15-9-5-10-16-25;/h4-5,7-10,13-16,19,29H,6,11-12,17-18,20-21H2,1-3H3,(H,31,32);1H2. The van der Waals surface area contributed by atoms with Crippen LogP contribution >= 0.6 is 0 Å². The van der Waals surface area contributed by atoms with E-state index in [2.05, 4.69) is 58.9 Å². The molecule has 0 saturated carbocycles. The van der Waals surface area contributed by atoms with Gasteiger partial charge in [0.15, 0.2) is 5.82 Å². The molecule has 1 aliphatic heterocycles. The lowest BCUT2D eigenvalue weighted by Crippen LogP contribution is -2.36. The quantitative estimate of drug-likeness (QED) is 0.282. The highest BCUT2D eigenvalue weighted by Gasteiger charge is 2.34. The van der Waals surface area contributed by atoms with Crippen molar-refractivity contribution >= 4 is 0 Å². The third-order valence-electron chi connectivity index (χ3n) is 6.98. The molecule has 0 radical (unpaired) electrons. The van der Waals surface area contributed by atoms with E-state index < -0.39 is 6.29 Å². The Balaban J connectivity index is 0.00000320. The van der Waals surface area contributed by atoms with Gasteiger partial charge >= 0.3 is 0 Å².